The van der Waals surface area contributed by atoms with Crippen molar-refractivity contribution >= 4 is 0 Å². The molecule has 102 valence electrons. The van der Waals surface area contributed by atoms with Gasteiger partial charge in [-0.3, -0.25) is 11.3 Å². The Morgan fingerprint density at radius 2 is 2.05 bits per heavy atom. The van der Waals surface area contributed by atoms with Crippen LogP contribution in [0.5, 0.6) is 0 Å². The molecule has 0 spiro atoms. The van der Waals surface area contributed by atoms with Gasteiger partial charge in [0.05, 0.1) is 6.04 Å². The number of aromatic nitrogens is 2. The van der Waals surface area contributed by atoms with Gasteiger partial charge in [0, 0.05) is 25.4 Å². The zero-order valence-corrected chi connectivity index (χ0v) is 11.6. The van der Waals surface area contributed by atoms with Gasteiger partial charge in [0.1, 0.15) is 5.82 Å². The maximum Gasteiger partial charge on any atom is 0.110 e. The molecule has 1 heterocycles. The third-order valence-electron chi connectivity index (χ3n) is 3.33. The molecule has 4 nitrogen and oxygen atoms in total. The van der Waals surface area contributed by atoms with Gasteiger partial charge in [0.25, 0.3) is 0 Å². The number of rotatable bonds is 6. The lowest BCUT2D eigenvalue weighted by Gasteiger charge is -2.17. The highest BCUT2D eigenvalue weighted by Crippen LogP contribution is 2.17. The number of hydrogen-bond acceptors (Lipinski definition) is 3. The van der Waals surface area contributed by atoms with E-state index in [2.05, 4.69) is 53.1 Å². The number of hydrogen-bond donors (Lipinski definition) is 2. The van der Waals surface area contributed by atoms with Crippen LogP contribution in [0.15, 0.2) is 36.7 Å². The Bertz CT molecular complexity index is 501. The fourth-order valence-electron chi connectivity index (χ4n) is 2.23. The van der Waals surface area contributed by atoms with Crippen molar-refractivity contribution in [2.24, 2.45) is 5.84 Å². The molecule has 0 saturated heterocycles. The number of benzene rings is 1. The van der Waals surface area contributed by atoms with E-state index in [0.717, 1.165) is 25.2 Å². The molecule has 0 fully saturated rings. The lowest BCUT2D eigenvalue weighted by Crippen LogP contribution is -2.30. The number of imidazole rings is 1. The summed E-state index contributed by atoms with van der Waals surface area (Å²) in [7, 11) is 0. The summed E-state index contributed by atoms with van der Waals surface area (Å²) in [5, 5.41) is 0. The molecule has 0 aliphatic rings. The molecule has 0 saturated carbocycles. The zero-order valence-electron chi connectivity index (χ0n) is 11.6. The van der Waals surface area contributed by atoms with E-state index in [4.69, 9.17) is 5.84 Å². The van der Waals surface area contributed by atoms with Gasteiger partial charge in [0.2, 0.25) is 0 Å². The molecule has 1 unspecified atom stereocenters. The van der Waals surface area contributed by atoms with Gasteiger partial charge in [-0.15, -0.1) is 0 Å². The van der Waals surface area contributed by atoms with Crippen LogP contribution < -0.4 is 11.3 Å². The van der Waals surface area contributed by atoms with Crippen molar-refractivity contribution in [1.82, 2.24) is 15.0 Å². The quantitative estimate of drug-likeness (QED) is 0.617. The molecule has 0 aliphatic carbocycles. The van der Waals surface area contributed by atoms with Crippen LogP contribution in [0.2, 0.25) is 0 Å². The van der Waals surface area contributed by atoms with Crippen molar-refractivity contribution in [1.29, 1.82) is 0 Å². The van der Waals surface area contributed by atoms with Crippen molar-refractivity contribution in [2.45, 2.75) is 39.3 Å². The van der Waals surface area contributed by atoms with E-state index < -0.39 is 0 Å². The highest BCUT2D eigenvalue weighted by atomic mass is 15.2. The van der Waals surface area contributed by atoms with Crippen molar-refractivity contribution < 1.29 is 0 Å². The van der Waals surface area contributed by atoms with Crippen LogP contribution in [-0.4, -0.2) is 9.55 Å². The van der Waals surface area contributed by atoms with Crippen LogP contribution in [-0.2, 0) is 13.0 Å². The summed E-state index contributed by atoms with van der Waals surface area (Å²) in [6.07, 6.45) is 5.79. The molecule has 2 aromatic rings. The lowest BCUT2D eigenvalue weighted by atomic mass is 10.0. The van der Waals surface area contributed by atoms with E-state index in [1.807, 2.05) is 12.4 Å². The Labute approximate surface area is 114 Å². The number of nitrogens with zero attached hydrogens (tertiary/aromatic N) is 2. The lowest BCUT2D eigenvalue weighted by molar-refractivity contribution is 0.517. The van der Waals surface area contributed by atoms with E-state index in [0.29, 0.717) is 0 Å². The fraction of sp³-hybridized carbons (Fsp3) is 0.400. The summed E-state index contributed by atoms with van der Waals surface area (Å²) in [6, 6.07) is 8.55. The Kier molecular flexibility index (Phi) is 4.71. The third-order valence-corrected chi connectivity index (χ3v) is 3.33. The molecule has 1 aromatic heterocycles. The monoisotopic (exact) mass is 258 g/mol. The minimum atomic E-state index is 0.0959. The molecule has 0 aliphatic heterocycles. The first kappa shape index (κ1) is 13.8. The minimum Gasteiger partial charge on any atom is -0.335 e. The van der Waals surface area contributed by atoms with Gasteiger partial charge in [0.15, 0.2) is 0 Å². The molecule has 0 amide bonds. The highest BCUT2D eigenvalue weighted by Gasteiger charge is 2.13. The predicted molar refractivity (Wildman–Crippen MR) is 77.5 cm³/mol. The molecule has 0 bridgehead atoms. The van der Waals surface area contributed by atoms with Crippen LogP contribution in [0.1, 0.15) is 36.3 Å². The first-order valence-electron chi connectivity index (χ1n) is 6.77. The zero-order chi connectivity index (χ0) is 13.7. The number of hydrazine groups is 1. The maximum absolute atomic E-state index is 5.70. The Hall–Kier alpha value is -1.65. The molecular weight excluding hydrogens is 236 g/mol. The summed E-state index contributed by atoms with van der Waals surface area (Å²) in [6.45, 7) is 5.26. The summed E-state index contributed by atoms with van der Waals surface area (Å²) >= 11 is 0. The summed E-state index contributed by atoms with van der Waals surface area (Å²) in [5.41, 5.74) is 5.34. The highest BCUT2D eigenvalue weighted by molar-refractivity contribution is 5.24. The van der Waals surface area contributed by atoms with Gasteiger partial charge >= 0.3 is 0 Å². The topological polar surface area (TPSA) is 55.9 Å². The second-order valence-corrected chi connectivity index (χ2v) is 4.87. The molecule has 2 rings (SSSR count). The number of nitrogens with one attached hydrogen (secondary N) is 1. The molecule has 0 radical (unpaired) electrons. The first-order chi connectivity index (χ1) is 9.24. The number of nitrogens with two attached hydrogens (primary N) is 1. The maximum atomic E-state index is 5.70. The predicted octanol–water partition coefficient (Wildman–Crippen LogP) is 2.35. The average Bonchev–Trinajstić information content (AvgIpc) is 2.85. The third kappa shape index (κ3) is 3.43. The summed E-state index contributed by atoms with van der Waals surface area (Å²) in [5.74, 6) is 6.77. The van der Waals surface area contributed by atoms with E-state index in [-0.39, 0.29) is 6.04 Å². The van der Waals surface area contributed by atoms with E-state index in [1.165, 1.54) is 11.1 Å². The van der Waals surface area contributed by atoms with Crippen molar-refractivity contribution in [3.63, 3.8) is 0 Å². The fourth-order valence-corrected chi connectivity index (χ4v) is 2.23. The largest absolute Gasteiger partial charge is 0.335 e. The normalized spacial score (nSPS) is 12.6. The minimum absolute atomic E-state index is 0.0959. The van der Waals surface area contributed by atoms with Gasteiger partial charge in [-0.2, -0.15) is 0 Å². The van der Waals surface area contributed by atoms with E-state index in [9.17, 15) is 0 Å². The summed E-state index contributed by atoms with van der Waals surface area (Å²) in [4.78, 5) is 4.43. The van der Waals surface area contributed by atoms with Crippen LogP contribution in [0.25, 0.3) is 0 Å². The van der Waals surface area contributed by atoms with Crippen LogP contribution in [0.3, 0.4) is 0 Å². The molecule has 1 atom stereocenters. The van der Waals surface area contributed by atoms with Gasteiger partial charge in [-0.1, -0.05) is 36.8 Å². The molecule has 3 N–H and O–H groups in total. The molecular formula is C15H22N4. The van der Waals surface area contributed by atoms with Crippen LogP contribution in [0.4, 0.5) is 0 Å². The second-order valence-electron chi connectivity index (χ2n) is 4.87. The Morgan fingerprint density at radius 1 is 1.32 bits per heavy atom. The smallest absolute Gasteiger partial charge is 0.110 e. The van der Waals surface area contributed by atoms with Gasteiger partial charge < -0.3 is 4.57 Å². The molecule has 19 heavy (non-hydrogen) atoms. The first-order valence-corrected chi connectivity index (χ1v) is 6.77. The average molecular weight is 258 g/mol. The van der Waals surface area contributed by atoms with Crippen LogP contribution >= 0.6 is 0 Å². The van der Waals surface area contributed by atoms with E-state index in [1.54, 1.807) is 0 Å². The second kappa shape index (κ2) is 6.50. The molecule has 1 aromatic carbocycles. The van der Waals surface area contributed by atoms with Crippen molar-refractivity contribution in [2.75, 3.05) is 0 Å². The SMILES string of the molecule is CCCn1ccnc1CC(NN)c1ccc(C)cc1. The van der Waals surface area contributed by atoms with Crippen LogP contribution in [0, 0.1) is 6.92 Å². The van der Waals surface area contributed by atoms with Crippen molar-refractivity contribution in [3.8, 4) is 0 Å². The standard InChI is InChI=1S/C15H22N4/c1-3-9-19-10-8-17-15(19)11-14(18-16)13-6-4-12(2)5-7-13/h4-8,10,14,18H,3,9,11,16H2,1-2H3. The Balaban J connectivity index is 2.14. The molecule has 4 heteroatoms. The van der Waals surface area contributed by atoms with E-state index >= 15 is 0 Å². The number of aryl methyl sites for hydroxylation is 2. The summed E-state index contributed by atoms with van der Waals surface area (Å²) < 4.78 is 2.19. The Morgan fingerprint density at radius 3 is 2.68 bits per heavy atom. The van der Waals surface area contributed by atoms with Crippen molar-refractivity contribution in [3.05, 3.63) is 53.6 Å². The van der Waals surface area contributed by atoms with Gasteiger partial charge in [-0.25, -0.2) is 4.98 Å². The van der Waals surface area contributed by atoms with Gasteiger partial charge in [-0.05, 0) is 18.9 Å².